The molecule has 1 aromatic carbocycles. The Hall–Kier alpha value is -3.60. The average Bonchev–Trinajstić information content (AvgIpc) is 2.81. The van der Waals surface area contributed by atoms with E-state index in [0.717, 1.165) is 4.57 Å². The van der Waals surface area contributed by atoms with Crippen LogP contribution in [0.3, 0.4) is 0 Å². The fourth-order valence-corrected chi connectivity index (χ4v) is 4.21. The summed E-state index contributed by atoms with van der Waals surface area (Å²) in [5.41, 5.74) is -0.579. The Kier molecular flexibility index (Phi) is 6.47. The van der Waals surface area contributed by atoms with E-state index in [0.29, 0.717) is 37.4 Å². The van der Waals surface area contributed by atoms with E-state index in [-0.39, 0.29) is 29.2 Å². The molecule has 1 aliphatic rings. The zero-order valence-corrected chi connectivity index (χ0v) is 19.2. The maximum Gasteiger partial charge on any atom is 0.329 e. The molecule has 1 amide bonds. The van der Waals surface area contributed by atoms with Gasteiger partial charge in [0, 0.05) is 51.4 Å². The number of rotatable bonds is 5. The third-order valence-electron chi connectivity index (χ3n) is 6.03. The zero-order chi connectivity index (χ0) is 24.6. The van der Waals surface area contributed by atoms with Gasteiger partial charge in [-0.15, -0.1) is 0 Å². The SMILES string of the molecule is CNC(=O)c1ccc(N2CCN(Cc3ccc4c(=O)n(C(C)C)c(=O)[nH]c4c3F)CC2)c(F)n1. The van der Waals surface area contributed by atoms with Crippen LogP contribution in [0.5, 0.6) is 0 Å². The summed E-state index contributed by atoms with van der Waals surface area (Å²) in [5.74, 6) is -1.80. The molecule has 2 aromatic heterocycles. The number of hydrogen-bond donors (Lipinski definition) is 2. The summed E-state index contributed by atoms with van der Waals surface area (Å²) >= 11 is 0. The van der Waals surface area contributed by atoms with E-state index in [1.54, 1.807) is 19.9 Å². The molecular formula is C23H26F2N6O3. The van der Waals surface area contributed by atoms with E-state index >= 15 is 4.39 Å². The number of nitrogens with zero attached hydrogens (tertiary/aromatic N) is 4. The highest BCUT2D eigenvalue weighted by molar-refractivity contribution is 5.92. The van der Waals surface area contributed by atoms with Gasteiger partial charge in [0.2, 0.25) is 5.95 Å². The lowest BCUT2D eigenvalue weighted by atomic mass is 10.1. The van der Waals surface area contributed by atoms with Crippen LogP contribution < -0.4 is 21.5 Å². The molecule has 0 aliphatic carbocycles. The Balaban J connectivity index is 1.49. The second-order valence-corrected chi connectivity index (χ2v) is 8.51. The number of carbonyl (C=O) groups excluding carboxylic acids is 1. The quantitative estimate of drug-likeness (QED) is 0.547. The molecule has 0 bridgehead atoms. The topological polar surface area (TPSA) is 103 Å². The highest BCUT2D eigenvalue weighted by Gasteiger charge is 2.23. The van der Waals surface area contributed by atoms with Gasteiger partial charge in [-0.3, -0.25) is 19.1 Å². The maximum absolute atomic E-state index is 15.2. The van der Waals surface area contributed by atoms with Crippen molar-refractivity contribution in [3.8, 4) is 0 Å². The lowest BCUT2D eigenvalue weighted by Gasteiger charge is -2.36. The summed E-state index contributed by atoms with van der Waals surface area (Å²) in [5, 5.41) is 2.54. The van der Waals surface area contributed by atoms with E-state index in [4.69, 9.17) is 0 Å². The molecule has 9 nitrogen and oxygen atoms in total. The van der Waals surface area contributed by atoms with Gasteiger partial charge in [0.05, 0.1) is 16.6 Å². The molecular weight excluding hydrogens is 446 g/mol. The molecule has 4 rings (SSSR count). The Morgan fingerprint density at radius 2 is 1.82 bits per heavy atom. The molecule has 3 aromatic rings. The van der Waals surface area contributed by atoms with Crippen molar-refractivity contribution < 1.29 is 13.6 Å². The van der Waals surface area contributed by atoms with Gasteiger partial charge in [0.1, 0.15) is 5.69 Å². The van der Waals surface area contributed by atoms with Gasteiger partial charge < -0.3 is 15.2 Å². The van der Waals surface area contributed by atoms with Crippen LogP contribution in [-0.4, -0.2) is 58.6 Å². The first-order valence-corrected chi connectivity index (χ1v) is 11.0. The zero-order valence-electron chi connectivity index (χ0n) is 19.2. The predicted molar refractivity (Wildman–Crippen MR) is 124 cm³/mol. The molecule has 3 heterocycles. The highest BCUT2D eigenvalue weighted by atomic mass is 19.1. The minimum absolute atomic E-state index is 0.00681. The number of nitrogens with one attached hydrogen (secondary N) is 2. The normalized spacial score (nSPS) is 14.7. The Bertz CT molecular complexity index is 1360. The van der Waals surface area contributed by atoms with Gasteiger partial charge in [-0.05, 0) is 32.0 Å². The molecule has 1 aliphatic heterocycles. The van der Waals surface area contributed by atoms with E-state index in [2.05, 4.69) is 15.3 Å². The van der Waals surface area contributed by atoms with Crippen LogP contribution in [0, 0.1) is 11.8 Å². The van der Waals surface area contributed by atoms with Crippen molar-refractivity contribution in [2.75, 3.05) is 38.1 Å². The van der Waals surface area contributed by atoms with E-state index < -0.39 is 28.9 Å². The molecule has 2 N–H and O–H groups in total. The van der Waals surface area contributed by atoms with Gasteiger partial charge in [-0.1, -0.05) is 6.07 Å². The number of H-pyrrole nitrogens is 1. The number of piperazine rings is 1. The summed E-state index contributed by atoms with van der Waals surface area (Å²) in [7, 11) is 1.45. The second-order valence-electron chi connectivity index (χ2n) is 8.51. The van der Waals surface area contributed by atoms with Gasteiger partial charge in [0.15, 0.2) is 5.82 Å². The number of fused-ring (bicyclic) bond motifs is 1. The molecule has 0 radical (unpaired) electrons. The molecule has 1 fully saturated rings. The number of pyridine rings is 1. The van der Waals surface area contributed by atoms with Gasteiger partial charge in [0.25, 0.3) is 11.5 Å². The van der Waals surface area contributed by atoms with Crippen LogP contribution >= 0.6 is 0 Å². The maximum atomic E-state index is 15.2. The van der Waals surface area contributed by atoms with Crippen LogP contribution in [0.25, 0.3) is 10.9 Å². The lowest BCUT2D eigenvalue weighted by Crippen LogP contribution is -2.46. The summed E-state index contributed by atoms with van der Waals surface area (Å²) in [4.78, 5) is 46.6. The molecule has 0 spiro atoms. The average molecular weight is 472 g/mol. The Labute approximate surface area is 194 Å². The number of halogens is 2. The van der Waals surface area contributed by atoms with Gasteiger partial charge >= 0.3 is 5.69 Å². The Morgan fingerprint density at radius 3 is 2.44 bits per heavy atom. The van der Waals surface area contributed by atoms with Crippen LogP contribution in [0.2, 0.25) is 0 Å². The van der Waals surface area contributed by atoms with Crippen molar-refractivity contribution in [3.63, 3.8) is 0 Å². The number of anilines is 1. The number of hydrogen-bond acceptors (Lipinski definition) is 6. The first-order valence-electron chi connectivity index (χ1n) is 11.0. The Morgan fingerprint density at radius 1 is 1.12 bits per heavy atom. The molecule has 0 saturated carbocycles. The fraction of sp³-hybridized carbons (Fsp3) is 0.391. The van der Waals surface area contributed by atoms with Gasteiger partial charge in [-0.25, -0.2) is 14.2 Å². The van der Waals surface area contributed by atoms with Crippen molar-refractivity contribution in [2.24, 2.45) is 0 Å². The smallest absolute Gasteiger partial charge is 0.329 e. The molecule has 1 saturated heterocycles. The standard InChI is InChI=1S/C23H26F2N6O3/c1-13(2)31-22(33)15-5-4-14(18(24)19(15)28-23(31)34)12-29-8-10-30(11-9-29)17-7-6-16(21(32)26-3)27-20(17)25/h4-7,13H,8-12H2,1-3H3,(H,26,32)(H,28,34). The largest absolute Gasteiger partial charge is 0.365 e. The van der Waals surface area contributed by atoms with Crippen LogP contribution in [0.15, 0.2) is 33.9 Å². The van der Waals surface area contributed by atoms with Gasteiger partial charge in [-0.2, -0.15) is 4.39 Å². The third kappa shape index (κ3) is 4.30. The van der Waals surface area contributed by atoms with Crippen molar-refractivity contribution in [1.29, 1.82) is 0 Å². The number of carbonyl (C=O) groups is 1. The number of benzene rings is 1. The molecule has 180 valence electrons. The first kappa shape index (κ1) is 23.6. The highest BCUT2D eigenvalue weighted by Crippen LogP contribution is 2.22. The molecule has 11 heteroatoms. The van der Waals surface area contributed by atoms with Crippen LogP contribution in [-0.2, 0) is 6.54 Å². The predicted octanol–water partition coefficient (Wildman–Crippen LogP) is 1.63. The number of amides is 1. The van der Waals surface area contributed by atoms with E-state index in [1.165, 1.54) is 25.2 Å². The summed E-state index contributed by atoms with van der Waals surface area (Å²) in [6, 6.07) is 5.76. The summed E-state index contributed by atoms with van der Waals surface area (Å²) < 4.78 is 30.7. The van der Waals surface area contributed by atoms with Crippen LogP contribution in [0.4, 0.5) is 14.5 Å². The van der Waals surface area contributed by atoms with Crippen molar-refractivity contribution in [3.05, 3.63) is 68.1 Å². The summed E-state index contributed by atoms with van der Waals surface area (Å²) in [6.45, 7) is 5.77. The minimum atomic E-state index is -0.717. The van der Waals surface area contributed by atoms with Crippen molar-refractivity contribution in [2.45, 2.75) is 26.4 Å². The third-order valence-corrected chi connectivity index (χ3v) is 6.03. The first-order chi connectivity index (χ1) is 16.2. The van der Waals surface area contributed by atoms with E-state index in [1.807, 2.05) is 9.80 Å². The van der Waals surface area contributed by atoms with Crippen LogP contribution in [0.1, 0.15) is 35.9 Å². The molecule has 0 unspecified atom stereocenters. The number of aromatic nitrogens is 3. The van der Waals surface area contributed by atoms with E-state index in [9.17, 15) is 18.8 Å². The number of aromatic amines is 1. The minimum Gasteiger partial charge on any atom is -0.365 e. The summed E-state index contributed by atoms with van der Waals surface area (Å²) in [6.07, 6.45) is 0. The van der Waals surface area contributed by atoms with Crippen molar-refractivity contribution in [1.82, 2.24) is 24.8 Å². The monoisotopic (exact) mass is 472 g/mol. The van der Waals surface area contributed by atoms with Crippen molar-refractivity contribution >= 4 is 22.5 Å². The molecule has 34 heavy (non-hydrogen) atoms. The fourth-order valence-electron chi connectivity index (χ4n) is 4.21. The second kappa shape index (κ2) is 9.34. The lowest BCUT2D eigenvalue weighted by molar-refractivity contribution is 0.0957. The molecule has 0 atom stereocenters.